The molecule has 1 saturated heterocycles. The van der Waals surface area contributed by atoms with Crippen molar-refractivity contribution in [1.29, 1.82) is 0 Å². The Labute approximate surface area is 147 Å². The lowest BCUT2D eigenvalue weighted by Crippen LogP contribution is -2.50. The molecule has 0 spiro atoms. The van der Waals surface area contributed by atoms with E-state index < -0.39 is 6.10 Å². The molecule has 2 atom stereocenters. The number of aliphatic hydroxyl groups is 1. The molecule has 0 saturated carbocycles. The van der Waals surface area contributed by atoms with Crippen LogP contribution in [0.25, 0.3) is 0 Å². The van der Waals surface area contributed by atoms with Crippen molar-refractivity contribution in [2.24, 2.45) is 0 Å². The van der Waals surface area contributed by atoms with Crippen LogP contribution in [0.15, 0.2) is 24.3 Å². The van der Waals surface area contributed by atoms with Gasteiger partial charge in [-0.1, -0.05) is 24.3 Å². The SMILES string of the molecule is CNC(=O)CN1CCC(NC(=O)N[C@H]2c3ccccc3C[C@H]2O)CC1. The third kappa shape index (κ3) is 4.29. The van der Waals surface area contributed by atoms with Crippen LogP contribution in [0, 0.1) is 0 Å². The molecule has 1 aliphatic heterocycles. The molecule has 7 nitrogen and oxygen atoms in total. The first-order valence-corrected chi connectivity index (χ1v) is 8.82. The van der Waals surface area contributed by atoms with E-state index in [4.69, 9.17) is 0 Å². The first-order chi connectivity index (χ1) is 12.1. The number of carbonyl (C=O) groups is 2. The molecule has 1 fully saturated rings. The predicted molar refractivity (Wildman–Crippen MR) is 94.1 cm³/mol. The van der Waals surface area contributed by atoms with Gasteiger partial charge in [-0.05, 0) is 24.0 Å². The first kappa shape index (κ1) is 17.7. The summed E-state index contributed by atoms with van der Waals surface area (Å²) in [5.74, 6) is 0.0121. The minimum Gasteiger partial charge on any atom is -0.390 e. The van der Waals surface area contributed by atoms with E-state index in [-0.39, 0.29) is 24.0 Å². The topological polar surface area (TPSA) is 93.7 Å². The van der Waals surface area contributed by atoms with Crippen LogP contribution in [0.3, 0.4) is 0 Å². The van der Waals surface area contributed by atoms with Crippen LogP contribution < -0.4 is 16.0 Å². The number of nitrogens with zero attached hydrogens (tertiary/aromatic N) is 1. The summed E-state index contributed by atoms with van der Waals surface area (Å²) >= 11 is 0. The minimum atomic E-state index is -0.586. The number of hydrogen-bond acceptors (Lipinski definition) is 4. The number of hydrogen-bond donors (Lipinski definition) is 4. The molecule has 1 heterocycles. The maximum absolute atomic E-state index is 12.3. The molecule has 1 aromatic rings. The van der Waals surface area contributed by atoms with Crippen LogP contribution in [0.4, 0.5) is 4.79 Å². The van der Waals surface area contributed by atoms with Gasteiger partial charge < -0.3 is 21.1 Å². The van der Waals surface area contributed by atoms with Gasteiger partial charge in [-0.25, -0.2) is 4.79 Å². The molecule has 2 aliphatic rings. The molecule has 1 aromatic carbocycles. The van der Waals surface area contributed by atoms with Gasteiger partial charge >= 0.3 is 6.03 Å². The standard InChI is InChI=1S/C18H26N4O3/c1-19-16(24)11-22-8-6-13(7-9-22)20-18(25)21-17-14-5-3-2-4-12(14)10-15(17)23/h2-5,13,15,17,23H,6-11H2,1H3,(H,19,24)(H2,20,21,25)/t15-,17+/m1/s1. The Morgan fingerprint density at radius 1 is 1.20 bits per heavy atom. The number of rotatable bonds is 4. The molecule has 1 aliphatic carbocycles. The molecule has 7 heteroatoms. The van der Waals surface area contributed by atoms with Gasteiger partial charge in [-0.3, -0.25) is 9.69 Å². The van der Waals surface area contributed by atoms with Gasteiger partial charge in [-0.15, -0.1) is 0 Å². The second-order valence-electron chi connectivity index (χ2n) is 6.79. The second-order valence-corrected chi connectivity index (χ2v) is 6.79. The van der Waals surface area contributed by atoms with Gasteiger partial charge in [-0.2, -0.15) is 0 Å². The highest BCUT2D eigenvalue weighted by atomic mass is 16.3. The molecule has 0 radical (unpaired) electrons. The van der Waals surface area contributed by atoms with Crippen LogP contribution in [-0.2, 0) is 11.2 Å². The lowest BCUT2D eigenvalue weighted by Gasteiger charge is -2.32. The maximum atomic E-state index is 12.3. The lowest BCUT2D eigenvalue weighted by atomic mass is 10.1. The number of amides is 3. The average molecular weight is 346 g/mol. The Hall–Kier alpha value is -2.12. The van der Waals surface area contributed by atoms with Crippen LogP contribution in [0.2, 0.25) is 0 Å². The number of urea groups is 1. The fourth-order valence-corrected chi connectivity index (χ4v) is 3.63. The van der Waals surface area contributed by atoms with E-state index in [9.17, 15) is 14.7 Å². The molecule has 0 aromatic heterocycles. The van der Waals surface area contributed by atoms with Crippen molar-refractivity contribution in [1.82, 2.24) is 20.9 Å². The molecule has 3 rings (SSSR count). The Morgan fingerprint density at radius 2 is 1.92 bits per heavy atom. The first-order valence-electron chi connectivity index (χ1n) is 8.82. The summed E-state index contributed by atoms with van der Waals surface area (Å²) < 4.78 is 0. The van der Waals surface area contributed by atoms with Crippen LogP contribution >= 0.6 is 0 Å². The van der Waals surface area contributed by atoms with Gasteiger partial charge in [0.2, 0.25) is 5.91 Å². The van der Waals surface area contributed by atoms with E-state index in [1.807, 2.05) is 24.3 Å². The molecular weight excluding hydrogens is 320 g/mol. The monoisotopic (exact) mass is 346 g/mol. The fraction of sp³-hybridized carbons (Fsp3) is 0.556. The van der Waals surface area contributed by atoms with E-state index >= 15 is 0 Å². The Balaban J connectivity index is 1.47. The zero-order valence-corrected chi connectivity index (χ0v) is 14.5. The van der Waals surface area contributed by atoms with Gasteiger partial charge in [0.15, 0.2) is 0 Å². The summed E-state index contributed by atoms with van der Waals surface area (Å²) in [5, 5.41) is 18.7. The van der Waals surface area contributed by atoms with Gasteiger partial charge in [0, 0.05) is 32.6 Å². The Bertz CT molecular complexity index is 629. The summed E-state index contributed by atoms with van der Waals surface area (Å²) in [4.78, 5) is 25.8. The molecule has 3 amide bonds. The highest BCUT2D eigenvalue weighted by Crippen LogP contribution is 2.31. The van der Waals surface area contributed by atoms with Crippen LogP contribution in [0.1, 0.15) is 30.0 Å². The lowest BCUT2D eigenvalue weighted by molar-refractivity contribution is -0.122. The molecule has 25 heavy (non-hydrogen) atoms. The molecular formula is C18H26N4O3. The van der Waals surface area contributed by atoms with Crippen molar-refractivity contribution in [3.8, 4) is 0 Å². The van der Waals surface area contributed by atoms with Crippen molar-refractivity contribution >= 4 is 11.9 Å². The van der Waals surface area contributed by atoms with Crippen molar-refractivity contribution in [2.75, 3.05) is 26.7 Å². The van der Waals surface area contributed by atoms with Crippen molar-refractivity contribution in [2.45, 2.75) is 37.5 Å². The van der Waals surface area contributed by atoms with Crippen LogP contribution in [0.5, 0.6) is 0 Å². The van der Waals surface area contributed by atoms with Crippen LogP contribution in [-0.4, -0.2) is 60.8 Å². The van der Waals surface area contributed by atoms with Gasteiger partial charge in [0.25, 0.3) is 0 Å². The number of likely N-dealkylation sites (tertiary alicyclic amines) is 1. The van der Waals surface area contributed by atoms with Crippen molar-refractivity contribution in [3.63, 3.8) is 0 Å². The minimum absolute atomic E-state index is 0.0121. The summed E-state index contributed by atoms with van der Waals surface area (Å²) in [6, 6.07) is 7.30. The number of benzene rings is 1. The van der Waals surface area contributed by atoms with E-state index in [0.717, 1.165) is 37.1 Å². The Kier molecular flexibility index (Phi) is 5.55. The number of carbonyl (C=O) groups excluding carboxylic acids is 2. The quantitative estimate of drug-likeness (QED) is 0.625. The maximum Gasteiger partial charge on any atom is 0.315 e. The van der Waals surface area contributed by atoms with E-state index in [0.29, 0.717) is 13.0 Å². The fourth-order valence-electron chi connectivity index (χ4n) is 3.63. The third-order valence-corrected chi connectivity index (χ3v) is 5.06. The van der Waals surface area contributed by atoms with Gasteiger partial charge in [0.05, 0.1) is 18.7 Å². The number of nitrogens with one attached hydrogen (secondary N) is 3. The summed E-state index contributed by atoms with van der Waals surface area (Å²) in [7, 11) is 1.64. The van der Waals surface area contributed by atoms with Crippen molar-refractivity contribution < 1.29 is 14.7 Å². The second kappa shape index (κ2) is 7.84. The summed E-state index contributed by atoms with van der Waals surface area (Å²) in [5.41, 5.74) is 2.08. The zero-order valence-electron chi connectivity index (χ0n) is 14.5. The number of fused-ring (bicyclic) bond motifs is 1. The summed E-state index contributed by atoms with van der Waals surface area (Å²) in [6.07, 6.45) is 1.61. The third-order valence-electron chi connectivity index (χ3n) is 5.06. The average Bonchev–Trinajstić information content (AvgIpc) is 2.92. The number of piperidine rings is 1. The number of aliphatic hydroxyl groups excluding tert-OH is 1. The summed E-state index contributed by atoms with van der Waals surface area (Å²) in [6.45, 7) is 1.97. The van der Waals surface area contributed by atoms with Crippen molar-refractivity contribution in [3.05, 3.63) is 35.4 Å². The molecule has 136 valence electrons. The van der Waals surface area contributed by atoms with E-state index in [1.165, 1.54) is 0 Å². The Morgan fingerprint density at radius 3 is 2.64 bits per heavy atom. The largest absolute Gasteiger partial charge is 0.390 e. The smallest absolute Gasteiger partial charge is 0.315 e. The van der Waals surface area contributed by atoms with Gasteiger partial charge in [0.1, 0.15) is 0 Å². The number of likely N-dealkylation sites (N-methyl/N-ethyl adjacent to an activating group) is 1. The molecule has 0 bridgehead atoms. The van der Waals surface area contributed by atoms with E-state index in [2.05, 4.69) is 20.9 Å². The highest BCUT2D eigenvalue weighted by molar-refractivity contribution is 5.77. The highest BCUT2D eigenvalue weighted by Gasteiger charge is 2.32. The zero-order chi connectivity index (χ0) is 17.8. The normalized spacial score (nSPS) is 23.8. The molecule has 4 N–H and O–H groups in total. The molecule has 0 unspecified atom stereocenters. The predicted octanol–water partition coefficient (Wildman–Crippen LogP) is 0.154. The van der Waals surface area contributed by atoms with E-state index in [1.54, 1.807) is 7.05 Å².